The van der Waals surface area contributed by atoms with Crippen LogP contribution in [0.25, 0.3) is 10.1 Å². The third-order valence-electron chi connectivity index (χ3n) is 3.93. The molecule has 0 aliphatic heterocycles. The zero-order valence-corrected chi connectivity index (χ0v) is 17.4. The van der Waals surface area contributed by atoms with E-state index in [1.54, 1.807) is 13.0 Å². The van der Waals surface area contributed by atoms with Crippen LogP contribution in [0.2, 0.25) is 10.0 Å². The summed E-state index contributed by atoms with van der Waals surface area (Å²) in [5.41, 5.74) is 0.213. The van der Waals surface area contributed by atoms with Crippen LogP contribution in [0.1, 0.15) is 27.0 Å². The van der Waals surface area contributed by atoms with Crippen molar-refractivity contribution in [2.24, 2.45) is 0 Å². The number of esters is 1. The zero-order chi connectivity index (χ0) is 20.3. The van der Waals surface area contributed by atoms with Crippen LogP contribution in [0, 0.1) is 0 Å². The average molecular weight is 439 g/mol. The van der Waals surface area contributed by atoms with Gasteiger partial charge in [-0.05, 0) is 31.2 Å². The zero-order valence-electron chi connectivity index (χ0n) is 15.1. The summed E-state index contributed by atoms with van der Waals surface area (Å²) in [5, 5.41) is 0.987. The van der Waals surface area contributed by atoms with Gasteiger partial charge in [0.15, 0.2) is 17.2 Å². The Morgan fingerprint density at radius 2 is 1.82 bits per heavy atom. The number of hydrogen-bond acceptors (Lipinski definition) is 6. The summed E-state index contributed by atoms with van der Waals surface area (Å²) >= 11 is 13.6. The molecule has 0 N–H and O–H groups in total. The Hall–Kier alpha value is -2.28. The van der Waals surface area contributed by atoms with E-state index in [4.69, 9.17) is 37.4 Å². The van der Waals surface area contributed by atoms with E-state index in [-0.39, 0.29) is 34.6 Å². The van der Waals surface area contributed by atoms with E-state index >= 15 is 0 Å². The molecule has 3 aromatic rings. The van der Waals surface area contributed by atoms with E-state index in [2.05, 4.69) is 0 Å². The minimum atomic E-state index is -0.489. The molecule has 0 fully saturated rings. The molecule has 8 heteroatoms. The van der Waals surface area contributed by atoms with Crippen molar-refractivity contribution in [3.8, 4) is 11.5 Å². The van der Waals surface area contributed by atoms with E-state index in [0.717, 1.165) is 10.1 Å². The van der Waals surface area contributed by atoms with Crippen LogP contribution in [0.3, 0.4) is 0 Å². The lowest BCUT2D eigenvalue weighted by Crippen LogP contribution is -2.14. The fourth-order valence-electron chi connectivity index (χ4n) is 2.62. The Balaban J connectivity index is 1.89. The first kappa shape index (κ1) is 20.5. The van der Waals surface area contributed by atoms with Gasteiger partial charge in [0, 0.05) is 15.6 Å². The van der Waals surface area contributed by atoms with Gasteiger partial charge in [-0.2, -0.15) is 0 Å². The molecule has 146 valence electrons. The molecule has 0 unspecified atom stereocenters. The highest BCUT2D eigenvalue weighted by molar-refractivity contribution is 7.21. The van der Waals surface area contributed by atoms with E-state index in [1.165, 1.54) is 24.5 Å². The van der Waals surface area contributed by atoms with Crippen molar-refractivity contribution in [1.82, 2.24) is 0 Å². The van der Waals surface area contributed by atoms with Crippen molar-refractivity contribution < 1.29 is 23.8 Å². The van der Waals surface area contributed by atoms with Gasteiger partial charge in [0.1, 0.15) is 10.8 Å². The number of Topliss-reactive ketones (excluding diaryl/α,β-unsaturated/α-hetero) is 1. The molecule has 3 rings (SSSR count). The molecule has 2 aromatic carbocycles. The van der Waals surface area contributed by atoms with Gasteiger partial charge in [-0.1, -0.05) is 35.3 Å². The fraction of sp³-hybridized carbons (Fsp3) is 0.200. The standard InChI is InChI=1S/C20H16Cl2O5S/c1-3-26-20(24)19-18(12-6-4-5-7-15(12)28-19)27-10-13(23)11-8-9-14(25-2)17(22)16(11)21/h4-9H,3,10H2,1-2H3. The molecule has 5 nitrogen and oxygen atoms in total. The Morgan fingerprint density at radius 3 is 2.54 bits per heavy atom. The van der Waals surface area contributed by atoms with Crippen molar-refractivity contribution in [1.29, 1.82) is 0 Å². The molecule has 0 saturated carbocycles. The minimum absolute atomic E-state index is 0.0930. The minimum Gasteiger partial charge on any atom is -0.495 e. The largest absolute Gasteiger partial charge is 0.495 e. The predicted molar refractivity (Wildman–Crippen MR) is 111 cm³/mol. The van der Waals surface area contributed by atoms with Crippen molar-refractivity contribution in [2.75, 3.05) is 20.3 Å². The van der Waals surface area contributed by atoms with Crippen LogP contribution in [0.4, 0.5) is 0 Å². The maximum Gasteiger partial charge on any atom is 0.352 e. The van der Waals surface area contributed by atoms with Crippen LogP contribution < -0.4 is 9.47 Å². The smallest absolute Gasteiger partial charge is 0.352 e. The number of rotatable bonds is 7. The van der Waals surface area contributed by atoms with Gasteiger partial charge in [-0.25, -0.2) is 4.79 Å². The first-order valence-corrected chi connectivity index (χ1v) is 9.91. The van der Waals surface area contributed by atoms with Gasteiger partial charge in [0.25, 0.3) is 0 Å². The van der Waals surface area contributed by atoms with Crippen molar-refractivity contribution in [3.05, 3.63) is 56.9 Å². The third kappa shape index (κ3) is 3.94. The average Bonchev–Trinajstić information content (AvgIpc) is 3.07. The van der Waals surface area contributed by atoms with E-state index in [1.807, 2.05) is 24.3 Å². The lowest BCUT2D eigenvalue weighted by atomic mass is 10.1. The molecule has 0 amide bonds. The number of halogens is 2. The molecule has 0 atom stereocenters. The van der Waals surface area contributed by atoms with Crippen LogP contribution in [-0.4, -0.2) is 32.1 Å². The molecular formula is C20H16Cl2O5S. The molecule has 0 bridgehead atoms. The van der Waals surface area contributed by atoms with Crippen LogP contribution in [0.5, 0.6) is 11.5 Å². The number of ether oxygens (including phenoxy) is 3. The third-order valence-corrected chi connectivity index (χ3v) is 5.92. The Morgan fingerprint density at radius 1 is 1.07 bits per heavy atom. The molecule has 0 radical (unpaired) electrons. The SMILES string of the molecule is CCOC(=O)c1sc2ccccc2c1OCC(=O)c1ccc(OC)c(Cl)c1Cl. The highest BCUT2D eigenvalue weighted by Crippen LogP contribution is 2.39. The first-order valence-electron chi connectivity index (χ1n) is 8.34. The Bertz CT molecular complexity index is 1040. The molecule has 1 heterocycles. The van der Waals surface area contributed by atoms with Crippen molar-refractivity contribution >= 4 is 56.4 Å². The topological polar surface area (TPSA) is 61.8 Å². The second kappa shape index (κ2) is 8.82. The monoisotopic (exact) mass is 438 g/mol. The number of hydrogen-bond donors (Lipinski definition) is 0. The second-order valence-electron chi connectivity index (χ2n) is 5.63. The summed E-state index contributed by atoms with van der Waals surface area (Å²) < 4.78 is 16.8. The van der Waals surface area contributed by atoms with Gasteiger partial charge in [0.05, 0.1) is 18.7 Å². The van der Waals surface area contributed by atoms with Gasteiger partial charge < -0.3 is 14.2 Å². The number of benzene rings is 2. The van der Waals surface area contributed by atoms with Crippen molar-refractivity contribution in [3.63, 3.8) is 0 Å². The summed E-state index contributed by atoms with van der Waals surface area (Å²) in [6.45, 7) is 1.66. The summed E-state index contributed by atoms with van der Waals surface area (Å²) in [6, 6.07) is 10.5. The number of thiophene rings is 1. The molecule has 0 spiro atoms. The summed E-state index contributed by atoms with van der Waals surface area (Å²) in [6.07, 6.45) is 0. The summed E-state index contributed by atoms with van der Waals surface area (Å²) in [5.74, 6) is -0.169. The maximum atomic E-state index is 12.6. The quantitative estimate of drug-likeness (QED) is 0.352. The van der Waals surface area contributed by atoms with Crippen LogP contribution >= 0.6 is 34.5 Å². The first-order chi connectivity index (χ1) is 13.5. The Labute approximate surface area is 175 Å². The summed E-state index contributed by atoms with van der Waals surface area (Å²) in [4.78, 5) is 25.2. The van der Waals surface area contributed by atoms with E-state index in [0.29, 0.717) is 16.4 Å². The van der Waals surface area contributed by atoms with E-state index in [9.17, 15) is 9.59 Å². The highest BCUT2D eigenvalue weighted by Gasteiger charge is 2.23. The number of ketones is 1. The lowest BCUT2D eigenvalue weighted by Gasteiger charge is -2.10. The van der Waals surface area contributed by atoms with Gasteiger partial charge in [-0.3, -0.25) is 4.79 Å². The molecule has 0 aliphatic rings. The second-order valence-corrected chi connectivity index (χ2v) is 7.44. The maximum absolute atomic E-state index is 12.6. The lowest BCUT2D eigenvalue weighted by molar-refractivity contribution is 0.0526. The van der Waals surface area contributed by atoms with Crippen LogP contribution in [-0.2, 0) is 4.74 Å². The predicted octanol–water partition coefficient (Wildman–Crippen LogP) is 5.66. The van der Waals surface area contributed by atoms with Crippen molar-refractivity contribution in [2.45, 2.75) is 6.92 Å². The van der Waals surface area contributed by atoms with Crippen LogP contribution in [0.15, 0.2) is 36.4 Å². The van der Waals surface area contributed by atoms with Gasteiger partial charge in [-0.15, -0.1) is 11.3 Å². The summed E-state index contributed by atoms with van der Waals surface area (Å²) in [7, 11) is 1.46. The molecular weight excluding hydrogens is 423 g/mol. The number of carbonyl (C=O) groups excluding carboxylic acids is 2. The Kier molecular flexibility index (Phi) is 6.44. The molecule has 0 aliphatic carbocycles. The fourth-order valence-corrected chi connectivity index (χ4v) is 4.16. The number of fused-ring (bicyclic) bond motifs is 1. The van der Waals surface area contributed by atoms with Gasteiger partial charge in [0.2, 0.25) is 5.78 Å². The molecule has 1 aromatic heterocycles. The van der Waals surface area contributed by atoms with E-state index < -0.39 is 5.97 Å². The molecule has 0 saturated heterocycles. The normalized spacial score (nSPS) is 10.7. The number of methoxy groups -OCH3 is 1. The number of carbonyl (C=O) groups is 2. The molecule has 28 heavy (non-hydrogen) atoms. The highest BCUT2D eigenvalue weighted by atomic mass is 35.5. The van der Waals surface area contributed by atoms with Gasteiger partial charge >= 0.3 is 5.97 Å².